The van der Waals surface area contributed by atoms with Crippen LogP contribution in [0.4, 0.5) is 21.9 Å². The highest BCUT2D eigenvalue weighted by molar-refractivity contribution is 6.01. The van der Waals surface area contributed by atoms with Crippen molar-refractivity contribution >= 4 is 23.1 Å². The first-order valence-corrected chi connectivity index (χ1v) is 6.16. The lowest BCUT2D eigenvalue weighted by Gasteiger charge is -2.10. The van der Waals surface area contributed by atoms with Crippen LogP contribution in [0.15, 0.2) is 42.5 Å². The molecule has 5 heteroatoms. The Morgan fingerprint density at radius 3 is 2.40 bits per heavy atom. The van der Waals surface area contributed by atoms with E-state index >= 15 is 0 Å². The number of carbonyl (C=O) groups excluding carboxylic acids is 1. The summed E-state index contributed by atoms with van der Waals surface area (Å²) in [6.45, 7) is 1.94. The highest BCUT2D eigenvalue weighted by atomic mass is 16.5. The number of hydrogen-bond acceptors (Lipinski definition) is 3. The lowest BCUT2D eigenvalue weighted by Crippen LogP contribution is -2.20. The zero-order valence-electron chi connectivity index (χ0n) is 11.4. The van der Waals surface area contributed by atoms with Crippen LogP contribution in [0.2, 0.25) is 0 Å². The number of urea groups is 1. The molecule has 2 aromatic carbocycles. The van der Waals surface area contributed by atoms with E-state index in [1.54, 1.807) is 37.4 Å². The lowest BCUT2D eigenvalue weighted by atomic mass is 10.2. The molecule has 2 rings (SSSR count). The van der Waals surface area contributed by atoms with Gasteiger partial charge in [-0.2, -0.15) is 0 Å². The van der Waals surface area contributed by atoms with Gasteiger partial charge in [0, 0.05) is 5.69 Å². The largest absolute Gasteiger partial charge is 0.497 e. The molecule has 0 aliphatic heterocycles. The molecule has 5 nitrogen and oxygen atoms in total. The monoisotopic (exact) mass is 271 g/mol. The summed E-state index contributed by atoms with van der Waals surface area (Å²) >= 11 is 0. The molecule has 104 valence electrons. The van der Waals surface area contributed by atoms with Crippen molar-refractivity contribution in [1.82, 2.24) is 0 Å². The van der Waals surface area contributed by atoms with Crippen LogP contribution in [0, 0.1) is 6.92 Å². The number of hydrogen-bond donors (Lipinski definition) is 3. The fraction of sp³-hybridized carbons (Fsp3) is 0.133. The Balaban J connectivity index is 2.01. The average molecular weight is 271 g/mol. The van der Waals surface area contributed by atoms with Crippen molar-refractivity contribution in [3.05, 3.63) is 48.0 Å². The SMILES string of the molecule is COc1ccc(NC(=O)Nc2ccc(C)cc2N)cc1. The minimum Gasteiger partial charge on any atom is -0.497 e. The van der Waals surface area contributed by atoms with Gasteiger partial charge in [-0.1, -0.05) is 6.07 Å². The van der Waals surface area contributed by atoms with E-state index in [4.69, 9.17) is 10.5 Å². The third-order valence-electron chi connectivity index (χ3n) is 2.80. The second-order valence-electron chi connectivity index (χ2n) is 4.40. The summed E-state index contributed by atoms with van der Waals surface area (Å²) in [5.41, 5.74) is 8.68. The van der Waals surface area contributed by atoms with Gasteiger partial charge < -0.3 is 21.1 Å². The Morgan fingerprint density at radius 2 is 1.80 bits per heavy atom. The number of anilines is 3. The van der Waals surface area contributed by atoms with E-state index in [2.05, 4.69) is 10.6 Å². The van der Waals surface area contributed by atoms with Gasteiger partial charge in [0.25, 0.3) is 0 Å². The number of nitrogens with two attached hydrogens (primary N) is 1. The van der Waals surface area contributed by atoms with Crippen molar-refractivity contribution < 1.29 is 9.53 Å². The number of rotatable bonds is 3. The average Bonchev–Trinajstić information content (AvgIpc) is 2.43. The Labute approximate surface area is 117 Å². The van der Waals surface area contributed by atoms with Gasteiger partial charge in [-0.25, -0.2) is 4.79 Å². The molecule has 0 radical (unpaired) electrons. The first-order chi connectivity index (χ1) is 9.58. The molecule has 0 aliphatic carbocycles. The molecule has 0 saturated carbocycles. The molecule has 0 unspecified atom stereocenters. The number of methoxy groups -OCH3 is 1. The van der Waals surface area contributed by atoms with E-state index in [1.807, 2.05) is 19.1 Å². The van der Waals surface area contributed by atoms with Crippen LogP contribution in [0.5, 0.6) is 5.75 Å². The maximum absolute atomic E-state index is 11.9. The standard InChI is InChI=1S/C15H17N3O2/c1-10-3-8-14(13(16)9-10)18-15(19)17-11-4-6-12(20-2)7-5-11/h3-9H,16H2,1-2H3,(H2,17,18,19). The van der Waals surface area contributed by atoms with Gasteiger partial charge in [-0.3, -0.25) is 0 Å². The molecule has 0 aliphatic rings. The van der Waals surface area contributed by atoms with Gasteiger partial charge in [0.2, 0.25) is 0 Å². The molecule has 0 bridgehead atoms. The summed E-state index contributed by atoms with van der Waals surface area (Å²) in [5.74, 6) is 0.735. The maximum atomic E-state index is 11.9. The Kier molecular flexibility index (Phi) is 4.10. The van der Waals surface area contributed by atoms with E-state index < -0.39 is 0 Å². The van der Waals surface area contributed by atoms with Gasteiger partial charge in [0.15, 0.2) is 0 Å². The van der Waals surface area contributed by atoms with E-state index in [1.165, 1.54) is 0 Å². The fourth-order valence-corrected chi connectivity index (χ4v) is 1.75. The second kappa shape index (κ2) is 5.97. The van der Waals surface area contributed by atoms with Crippen LogP contribution < -0.4 is 21.1 Å². The van der Waals surface area contributed by atoms with Crippen LogP contribution in [0.25, 0.3) is 0 Å². The molecule has 2 amide bonds. The quantitative estimate of drug-likeness (QED) is 0.750. The number of amides is 2. The highest BCUT2D eigenvalue weighted by Crippen LogP contribution is 2.20. The molecule has 0 aromatic heterocycles. The first kappa shape index (κ1) is 13.7. The lowest BCUT2D eigenvalue weighted by molar-refractivity contribution is 0.262. The summed E-state index contributed by atoms with van der Waals surface area (Å²) in [6, 6.07) is 12.2. The Morgan fingerprint density at radius 1 is 1.10 bits per heavy atom. The molecule has 2 aromatic rings. The van der Waals surface area contributed by atoms with Gasteiger partial charge in [0.1, 0.15) is 5.75 Å². The zero-order chi connectivity index (χ0) is 14.5. The summed E-state index contributed by atoms with van der Waals surface area (Å²) in [4.78, 5) is 11.9. The van der Waals surface area contributed by atoms with E-state index in [9.17, 15) is 4.79 Å². The number of aryl methyl sites for hydroxylation is 1. The van der Waals surface area contributed by atoms with Gasteiger partial charge in [-0.05, 0) is 48.9 Å². The van der Waals surface area contributed by atoms with Crippen LogP contribution in [0.1, 0.15) is 5.56 Å². The second-order valence-corrected chi connectivity index (χ2v) is 4.40. The predicted octanol–water partition coefficient (Wildman–Crippen LogP) is 3.23. The molecule has 0 fully saturated rings. The maximum Gasteiger partial charge on any atom is 0.323 e. The summed E-state index contributed by atoms with van der Waals surface area (Å²) in [6.07, 6.45) is 0. The van der Waals surface area contributed by atoms with E-state index in [0.29, 0.717) is 17.1 Å². The molecular weight excluding hydrogens is 254 g/mol. The third-order valence-corrected chi connectivity index (χ3v) is 2.80. The van der Waals surface area contributed by atoms with Crippen molar-refractivity contribution in [3.8, 4) is 5.75 Å². The van der Waals surface area contributed by atoms with Crippen LogP contribution in [0.3, 0.4) is 0 Å². The molecule has 4 N–H and O–H groups in total. The van der Waals surface area contributed by atoms with Gasteiger partial charge >= 0.3 is 6.03 Å². The number of ether oxygens (including phenoxy) is 1. The molecular formula is C15H17N3O2. The van der Waals surface area contributed by atoms with Crippen molar-refractivity contribution in [2.45, 2.75) is 6.92 Å². The predicted molar refractivity (Wildman–Crippen MR) is 81.2 cm³/mol. The minimum atomic E-state index is -0.342. The Bertz CT molecular complexity index is 609. The number of nitrogens with one attached hydrogen (secondary N) is 2. The van der Waals surface area contributed by atoms with E-state index in [-0.39, 0.29) is 6.03 Å². The molecule has 0 saturated heterocycles. The summed E-state index contributed by atoms with van der Waals surface area (Å²) in [5, 5.41) is 5.43. The fourth-order valence-electron chi connectivity index (χ4n) is 1.75. The normalized spacial score (nSPS) is 9.90. The van der Waals surface area contributed by atoms with Crippen molar-refractivity contribution in [2.24, 2.45) is 0 Å². The molecule has 0 spiro atoms. The van der Waals surface area contributed by atoms with Gasteiger partial charge in [0.05, 0.1) is 18.5 Å². The number of carbonyl (C=O) groups is 1. The molecule has 0 heterocycles. The van der Waals surface area contributed by atoms with Gasteiger partial charge in [-0.15, -0.1) is 0 Å². The third kappa shape index (κ3) is 3.41. The minimum absolute atomic E-state index is 0.342. The number of benzene rings is 2. The van der Waals surface area contributed by atoms with Crippen molar-refractivity contribution in [2.75, 3.05) is 23.5 Å². The van der Waals surface area contributed by atoms with Crippen LogP contribution in [-0.4, -0.2) is 13.1 Å². The van der Waals surface area contributed by atoms with Crippen molar-refractivity contribution in [1.29, 1.82) is 0 Å². The first-order valence-electron chi connectivity index (χ1n) is 6.16. The summed E-state index contributed by atoms with van der Waals surface area (Å²) in [7, 11) is 1.59. The Hall–Kier alpha value is -2.69. The van der Waals surface area contributed by atoms with E-state index in [0.717, 1.165) is 11.3 Å². The topological polar surface area (TPSA) is 76.4 Å². The van der Waals surface area contributed by atoms with Crippen LogP contribution in [-0.2, 0) is 0 Å². The van der Waals surface area contributed by atoms with Crippen molar-refractivity contribution in [3.63, 3.8) is 0 Å². The smallest absolute Gasteiger partial charge is 0.323 e. The number of nitrogen functional groups attached to an aromatic ring is 1. The highest BCUT2D eigenvalue weighted by Gasteiger charge is 2.05. The molecule has 0 atom stereocenters. The zero-order valence-corrected chi connectivity index (χ0v) is 11.4. The molecule has 20 heavy (non-hydrogen) atoms. The van der Waals surface area contributed by atoms with Crippen LogP contribution >= 0.6 is 0 Å². The summed E-state index contributed by atoms with van der Waals surface area (Å²) < 4.78 is 5.05.